The van der Waals surface area contributed by atoms with Crippen molar-refractivity contribution in [2.24, 2.45) is 0 Å². The van der Waals surface area contributed by atoms with Crippen LogP contribution in [0.2, 0.25) is 0 Å². The molecule has 0 aliphatic heterocycles. The molecule has 0 spiro atoms. The van der Waals surface area contributed by atoms with Crippen molar-refractivity contribution in [3.8, 4) is 0 Å². The molecule has 1 heterocycles. The largest absolute Gasteiger partial charge is 0.395 e. The van der Waals surface area contributed by atoms with Crippen LogP contribution in [0.3, 0.4) is 0 Å². The summed E-state index contributed by atoms with van der Waals surface area (Å²) in [7, 11) is 1.92. The highest BCUT2D eigenvalue weighted by Gasteiger charge is 1.99. The minimum atomic E-state index is 0.156. The summed E-state index contributed by atoms with van der Waals surface area (Å²) in [6, 6.07) is 1.96. The van der Waals surface area contributed by atoms with Gasteiger partial charge >= 0.3 is 0 Å². The molecule has 0 saturated carbocycles. The van der Waals surface area contributed by atoms with Gasteiger partial charge in [0.1, 0.15) is 0 Å². The van der Waals surface area contributed by atoms with E-state index in [1.165, 1.54) is 0 Å². The highest BCUT2D eigenvalue weighted by atomic mass is 79.9. The lowest BCUT2D eigenvalue weighted by molar-refractivity contribution is 0.304. The standard InChI is InChI=1S/C8H11BrN2O/c1-11(2-3-12)8-4-7(9)5-10-6-8/h4-6,12H,2-3H2,1H3. The molecule has 0 aromatic carbocycles. The Balaban J connectivity index is 2.73. The van der Waals surface area contributed by atoms with Crippen LogP contribution in [0.5, 0.6) is 0 Å². The highest BCUT2D eigenvalue weighted by molar-refractivity contribution is 9.10. The molecule has 1 N–H and O–H groups in total. The molecule has 0 radical (unpaired) electrons. The van der Waals surface area contributed by atoms with Gasteiger partial charge in [0.15, 0.2) is 0 Å². The number of aromatic nitrogens is 1. The molecule has 0 fully saturated rings. The van der Waals surface area contributed by atoms with Crippen LogP contribution in [0.4, 0.5) is 5.69 Å². The van der Waals surface area contributed by atoms with E-state index in [9.17, 15) is 0 Å². The summed E-state index contributed by atoms with van der Waals surface area (Å²) in [5, 5.41) is 8.69. The van der Waals surface area contributed by atoms with Crippen LogP contribution in [-0.4, -0.2) is 30.3 Å². The van der Waals surface area contributed by atoms with Crippen molar-refractivity contribution in [1.29, 1.82) is 0 Å². The average molecular weight is 231 g/mol. The van der Waals surface area contributed by atoms with Gasteiger partial charge in [0.05, 0.1) is 18.5 Å². The smallest absolute Gasteiger partial charge is 0.0606 e. The number of pyridine rings is 1. The van der Waals surface area contributed by atoms with Gasteiger partial charge in [-0.1, -0.05) is 0 Å². The van der Waals surface area contributed by atoms with E-state index >= 15 is 0 Å². The Kier molecular flexibility index (Phi) is 3.49. The van der Waals surface area contributed by atoms with Gasteiger partial charge in [-0.15, -0.1) is 0 Å². The van der Waals surface area contributed by atoms with Crippen molar-refractivity contribution in [2.45, 2.75) is 0 Å². The van der Waals surface area contributed by atoms with Crippen LogP contribution >= 0.6 is 15.9 Å². The third-order valence-corrected chi connectivity index (χ3v) is 2.00. The molecule has 12 heavy (non-hydrogen) atoms. The van der Waals surface area contributed by atoms with Crippen molar-refractivity contribution in [3.05, 3.63) is 22.9 Å². The zero-order valence-electron chi connectivity index (χ0n) is 6.87. The summed E-state index contributed by atoms with van der Waals surface area (Å²) in [4.78, 5) is 5.96. The predicted octanol–water partition coefficient (Wildman–Crippen LogP) is 1.27. The maximum absolute atomic E-state index is 8.69. The molecule has 1 aromatic rings. The van der Waals surface area contributed by atoms with E-state index in [1.54, 1.807) is 12.4 Å². The van der Waals surface area contributed by atoms with E-state index in [4.69, 9.17) is 5.11 Å². The molecular weight excluding hydrogens is 220 g/mol. The second-order valence-corrected chi connectivity index (χ2v) is 3.42. The fourth-order valence-electron chi connectivity index (χ4n) is 0.889. The summed E-state index contributed by atoms with van der Waals surface area (Å²) >= 11 is 3.33. The van der Waals surface area contributed by atoms with Crippen LogP contribution < -0.4 is 4.90 Å². The van der Waals surface area contributed by atoms with Gasteiger partial charge in [0.2, 0.25) is 0 Å². The maximum atomic E-state index is 8.69. The number of likely N-dealkylation sites (N-methyl/N-ethyl adjacent to an activating group) is 1. The molecule has 0 bridgehead atoms. The third kappa shape index (κ3) is 2.46. The Morgan fingerprint density at radius 3 is 2.92 bits per heavy atom. The Bertz CT molecular complexity index is 255. The Hall–Kier alpha value is -0.610. The monoisotopic (exact) mass is 230 g/mol. The SMILES string of the molecule is CN(CCO)c1cncc(Br)c1. The fraction of sp³-hybridized carbons (Fsp3) is 0.375. The summed E-state index contributed by atoms with van der Waals surface area (Å²) in [6.45, 7) is 0.779. The highest BCUT2D eigenvalue weighted by Crippen LogP contribution is 2.16. The van der Waals surface area contributed by atoms with Gasteiger partial charge in [-0.2, -0.15) is 0 Å². The van der Waals surface area contributed by atoms with Crippen molar-refractivity contribution >= 4 is 21.6 Å². The van der Waals surface area contributed by atoms with Gasteiger partial charge in [0.25, 0.3) is 0 Å². The molecular formula is C8H11BrN2O. The molecule has 1 rings (SSSR count). The fourth-order valence-corrected chi connectivity index (χ4v) is 1.24. The first-order valence-electron chi connectivity index (χ1n) is 3.66. The molecule has 3 nitrogen and oxygen atoms in total. The van der Waals surface area contributed by atoms with Crippen LogP contribution in [0, 0.1) is 0 Å². The van der Waals surface area contributed by atoms with Gasteiger partial charge in [-0.25, -0.2) is 0 Å². The summed E-state index contributed by atoms with van der Waals surface area (Å²) in [5.74, 6) is 0. The molecule has 0 aliphatic carbocycles. The molecule has 0 aliphatic rings. The first-order chi connectivity index (χ1) is 5.74. The van der Waals surface area contributed by atoms with Crippen molar-refractivity contribution < 1.29 is 5.11 Å². The van der Waals surface area contributed by atoms with E-state index < -0.39 is 0 Å². The topological polar surface area (TPSA) is 36.4 Å². The van der Waals surface area contributed by atoms with Crippen LogP contribution in [0.1, 0.15) is 0 Å². The first kappa shape index (κ1) is 9.48. The molecule has 1 aromatic heterocycles. The Morgan fingerprint density at radius 1 is 1.58 bits per heavy atom. The van der Waals surface area contributed by atoms with Crippen molar-refractivity contribution in [2.75, 3.05) is 25.1 Å². The molecule has 66 valence electrons. The molecule has 0 amide bonds. The second-order valence-electron chi connectivity index (χ2n) is 2.51. The lowest BCUT2D eigenvalue weighted by Crippen LogP contribution is -2.21. The van der Waals surface area contributed by atoms with Crippen molar-refractivity contribution in [3.63, 3.8) is 0 Å². The molecule has 0 saturated heterocycles. The van der Waals surface area contributed by atoms with E-state index in [0.29, 0.717) is 6.54 Å². The van der Waals surface area contributed by atoms with E-state index in [0.717, 1.165) is 10.2 Å². The number of anilines is 1. The lowest BCUT2D eigenvalue weighted by atomic mass is 10.4. The molecule has 4 heteroatoms. The van der Waals surface area contributed by atoms with E-state index in [2.05, 4.69) is 20.9 Å². The minimum absolute atomic E-state index is 0.156. The Morgan fingerprint density at radius 2 is 2.33 bits per heavy atom. The zero-order chi connectivity index (χ0) is 8.97. The Labute approximate surface area is 80.2 Å². The summed E-state index contributed by atoms with van der Waals surface area (Å²) in [6.07, 6.45) is 3.50. The number of rotatable bonds is 3. The van der Waals surface area contributed by atoms with Crippen LogP contribution in [0.15, 0.2) is 22.9 Å². The number of nitrogens with zero attached hydrogens (tertiary/aromatic N) is 2. The second kappa shape index (κ2) is 4.42. The third-order valence-electron chi connectivity index (χ3n) is 1.57. The number of hydrogen-bond acceptors (Lipinski definition) is 3. The predicted molar refractivity (Wildman–Crippen MR) is 52.3 cm³/mol. The lowest BCUT2D eigenvalue weighted by Gasteiger charge is -2.17. The van der Waals surface area contributed by atoms with Crippen molar-refractivity contribution in [1.82, 2.24) is 4.98 Å². The number of aliphatic hydroxyl groups is 1. The van der Waals surface area contributed by atoms with Gasteiger partial charge in [0, 0.05) is 24.3 Å². The van der Waals surface area contributed by atoms with Crippen LogP contribution in [0.25, 0.3) is 0 Å². The number of halogens is 1. The normalized spacial score (nSPS) is 9.92. The van der Waals surface area contributed by atoms with Crippen LogP contribution in [-0.2, 0) is 0 Å². The summed E-state index contributed by atoms with van der Waals surface area (Å²) < 4.78 is 0.949. The number of hydrogen-bond donors (Lipinski definition) is 1. The average Bonchev–Trinajstić information content (AvgIpc) is 2.05. The zero-order valence-corrected chi connectivity index (χ0v) is 8.45. The minimum Gasteiger partial charge on any atom is -0.395 e. The van der Waals surface area contributed by atoms with E-state index in [1.807, 2.05) is 18.0 Å². The first-order valence-corrected chi connectivity index (χ1v) is 4.46. The van der Waals surface area contributed by atoms with Gasteiger partial charge < -0.3 is 10.0 Å². The summed E-state index contributed by atoms with van der Waals surface area (Å²) in [5.41, 5.74) is 0.999. The quantitative estimate of drug-likeness (QED) is 0.851. The van der Waals surface area contributed by atoms with E-state index in [-0.39, 0.29) is 6.61 Å². The number of aliphatic hydroxyl groups excluding tert-OH is 1. The molecule has 0 atom stereocenters. The van der Waals surface area contributed by atoms with Gasteiger partial charge in [-0.3, -0.25) is 4.98 Å². The van der Waals surface area contributed by atoms with Gasteiger partial charge in [-0.05, 0) is 22.0 Å². The molecule has 0 unspecified atom stereocenters. The maximum Gasteiger partial charge on any atom is 0.0606 e.